The van der Waals surface area contributed by atoms with Crippen molar-refractivity contribution in [1.82, 2.24) is 15.5 Å². The van der Waals surface area contributed by atoms with Crippen molar-refractivity contribution in [2.75, 3.05) is 26.7 Å². The average Bonchev–Trinajstić information content (AvgIpc) is 3.06. The molecule has 1 heterocycles. The summed E-state index contributed by atoms with van der Waals surface area (Å²) in [6.07, 6.45) is 1.46. The van der Waals surface area contributed by atoms with Crippen LogP contribution in [0.15, 0.2) is 29.3 Å². The lowest BCUT2D eigenvalue weighted by Gasteiger charge is -2.27. The van der Waals surface area contributed by atoms with Crippen molar-refractivity contribution in [1.29, 1.82) is 0 Å². The summed E-state index contributed by atoms with van der Waals surface area (Å²) >= 11 is 0. The van der Waals surface area contributed by atoms with E-state index in [1.165, 1.54) is 6.07 Å². The third-order valence-electron chi connectivity index (χ3n) is 4.71. The number of guanidine groups is 1. The van der Waals surface area contributed by atoms with Gasteiger partial charge in [-0.05, 0) is 24.1 Å². The predicted octanol–water partition coefficient (Wildman–Crippen LogP) is 2.90. The molecule has 1 atom stereocenters. The van der Waals surface area contributed by atoms with E-state index in [-0.39, 0.29) is 47.2 Å². The number of amides is 1. The summed E-state index contributed by atoms with van der Waals surface area (Å²) in [5.41, 5.74) is 0.704. The molecule has 1 aliphatic rings. The molecule has 0 bridgehead atoms. The SMILES string of the molecule is CCC(=O)N1CCC(NC(=NC)NCC(C)(C)c2cccc(F)c2)C1.I. The van der Waals surface area contributed by atoms with E-state index >= 15 is 0 Å². The molecule has 2 N–H and O–H groups in total. The molecule has 1 amide bonds. The van der Waals surface area contributed by atoms with Crippen LogP contribution < -0.4 is 10.6 Å². The maximum Gasteiger partial charge on any atom is 0.222 e. The average molecular weight is 476 g/mol. The number of benzene rings is 1. The van der Waals surface area contributed by atoms with Crippen molar-refractivity contribution < 1.29 is 9.18 Å². The maximum atomic E-state index is 13.5. The van der Waals surface area contributed by atoms with Crippen LogP contribution in [-0.2, 0) is 10.2 Å². The Morgan fingerprint density at radius 2 is 2.15 bits per heavy atom. The lowest BCUT2D eigenvalue weighted by molar-refractivity contribution is -0.129. The molecule has 5 nitrogen and oxygen atoms in total. The minimum atomic E-state index is -0.237. The Labute approximate surface area is 172 Å². The van der Waals surface area contributed by atoms with Crippen LogP contribution in [0, 0.1) is 5.82 Å². The molecule has 0 spiro atoms. The fourth-order valence-electron chi connectivity index (χ4n) is 3.03. The van der Waals surface area contributed by atoms with Crippen molar-refractivity contribution in [3.05, 3.63) is 35.6 Å². The molecule has 146 valence electrons. The lowest BCUT2D eigenvalue weighted by atomic mass is 9.84. The standard InChI is InChI=1S/C19H29FN4O.HI/c1-5-17(25)24-10-9-16(12-24)23-18(21-4)22-13-19(2,3)14-7-6-8-15(20)11-14;/h6-8,11,16H,5,9-10,12-13H2,1-4H3,(H2,21,22,23);1H. The molecule has 0 saturated carbocycles. The van der Waals surface area contributed by atoms with Gasteiger partial charge in [0.1, 0.15) is 5.82 Å². The zero-order valence-electron chi connectivity index (χ0n) is 16.0. The van der Waals surface area contributed by atoms with E-state index in [1.54, 1.807) is 19.2 Å². The van der Waals surface area contributed by atoms with E-state index in [4.69, 9.17) is 0 Å². The van der Waals surface area contributed by atoms with Crippen LogP contribution in [0.5, 0.6) is 0 Å². The highest BCUT2D eigenvalue weighted by molar-refractivity contribution is 14.0. The van der Waals surface area contributed by atoms with E-state index < -0.39 is 0 Å². The second kappa shape index (κ2) is 10.1. The quantitative estimate of drug-likeness (QED) is 0.391. The summed E-state index contributed by atoms with van der Waals surface area (Å²) < 4.78 is 13.5. The van der Waals surface area contributed by atoms with Gasteiger partial charge in [-0.1, -0.05) is 32.9 Å². The molecular formula is C19H30FIN4O. The fraction of sp³-hybridized carbons (Fsp3) is 0.579. The van der Waals surface area contributed by atoms with Crippen molar-refractivity contribution in [2.24, 2.45) is 4.99 Å². The summed E-state index contributed by atoms with van der Waals surface area (Å²) in [4.78, 5) is 17.9. The second-order valence-corrected chi connectivity index (χ2v) is 7.14. The van der Waals surface area contributed by atoms with Gasteiger partial charge in [-0.25, -0.2) is 4.39 Å². The predicted molar refractivity (Wildman–Crippen MR) is 115 cm³/mol. The highest BCUT2D eigenvalue weighted by Crippen LogP contribution is 2.22. The monoisotopic (exact) mass is 476 g/mol. The molecule has 0 radical (unpaired) electrons. The molecule has 0 aromatic heterocycles. The Morgan fingerprint density at radius 3 is 2.77 bits per heavy atom. The molecule has 26 heavy (non-hydrogen) atoms. The van der Waals surface area contributed by atoms with Crippen LogP contribution in [0.2, 0.25) is 0 Å². The first-order valence-electron chi connectivity index (χ1n) is 8.86. The Bertz CT molecular complexity index is 636. The highest BCUT2D eigenvalue weighted by atomic mass is 127. The van der Waals surface area contributed by atoms with E-state index in [0.29, 0.717) is 25.5 Å². The first kappa shape index (κ1) is 22.7. The van der Waals surface area contributed by atoms with Gasteiger partial charge in [0.05, 0.1) is 0 Å². The molecule has 7 heteroatoms. The van der Waals surface area contributed by atoms with Gasteiger partial charge >= 0.3 is 0 Å². The number of rotatable bonds is 5. The van der Waals surface area contributed by atoms with E-state index in [0.717, 1.165) is 18.5 Å². The van der Waals surface area contributed by atoms with Gasteiger partial charge in [0.2, 0.25) is 5.91 Å². The zero-order chi connectivity index (χ0) is 18.4. The zero-order valence-corrected chi connectivity index (χ0v) is 18.3. The molecule has 1 saturated heterocycles. The number of likely N-dealkylation sites (tertiary alicyclic amines) is 1. The van der Waals surface area contributed by atoms with Crippen LogP contribution in [-0.4, -0.2) is 49.5 Å². The number of nitrogens with one attached hydrogen (secondary N) is 2. The smallest absolute Gasteiger partial charge is 0.222 e. The third kappa shape index (κ3) is 6.10. The first-order chi connectivity index (χ1) is 11.9. The number of aliphatic imine (C=N–C) groups is 1. The van der Waals surface area contributed by atoms with Gasteiger partial charge < -0.3 is 15.5 Å². The second-order valence-electron chi connectivity index (χ2n) is 7.14. The fourth-order valence-corrected chi connectivity index (χ4v) is 3.03. The number of carbonyl (C=O) groups excluding carboxylic acids is 1. The van der Waals surface area contributed by atoms with Gasteiger partial charge in [-0.2, -0.15) is 0 Å². The normalized spacial score (nSPS) is 17.7. The largest absolute Gasteiger partial charge is 0.356 e. The molecule has 1 aromatic carbocycles. The first-order valence-corrected chi connectivity index (χ1v) is 8.86. The van der Waals surface area contributed by atoms with Crippen molar-refractivity contribution in [2.45, 2.75) is 45.1 Å². The summed E-state index contributed by atoms with van der Waals surface area (Å²) in [7, 11) is 1.73. The van der Waals surface area contributed by atoms with Gasteiger partial charge in [-0.3, -0.25) is 9.79 Å². The van der Waals surface area contributed by atoms with Crippen molar-refractivity contribution in [3.8, 4) is 0 Å². The molecule has 0 aliphatic carbocycles. The highest BCUT2D eigenvalue weighted by Gasteiger charge is 2.26. The van der Waals surface area contributed by atoms with E-state index in [9.17, 15) is 9.18 Å². The molecular weight excluding hydrogens is 446 g/mol. The number of nitrogens with zero attached hydrogens (tertiary/aromatic N) is 2. The number of halogens is 2. The van der Waals surface area contributed by atoms with Gasteiger partial charge in [0.15, 0.2) is 5.96 Å². The molecule has 1 aliphatic heterocycles. The van der Waals surface area contributed by atoms with Crippen LogP contribution in [0.1, 0.15) is 39.2 Å². The van der Waals surface area contributed by atoms with Crippen LogP contribution in [0.25, 0.3) is 0 Å². The summed E-state index contributed by atoms with van der Waals surface area (Å²) in [5.74, 6) is 0.680. The van der Waals surface area contributed by atoms with Gasteiger partial charge in [0, 0.05) is 44.6 Å². The Morgan fingerprint density at radius 1 is 1.42 bits per heavy atom. The third-order valence-corrected chi connectivity index (χ3v) is 4.71. The minimum Gasteiger partial charge on any atom is -0.356 e. The molecule has 1 aromatic rings. The number of hydrogen-bond donors (Lipinski definition) is 2. The Balaban J connectivity index is 0.00000338. The molecule has 2 rings (SSSR count). The van der Waals surface area contributed by atoms with Crippen LogP contribution in [0.4, 0.5) is 4.39 Å². The summed E-state index contributed by atoms with van der Waals surface area (Å²) in [5, 5.41) is 6.71. The number of hydrogen-bond acceptors (Lipinski definition) is 2. The van der Waals surface area contributed by atoms with Crippen molar-refractivity contribution >= 4 is 35.8 Å². The van der Waals surface area contributed by atoms with Gasteiger partial charge in [-0.15, -0.1) is 24.0 Å². The Hall–Kier alpha value is -1.38. The maximum absolute atomic E-state index is 13.5. The van der Waals surface area contributed by atoms with Crippen LogP contribution >= 0.6 is 24.0 Å². The van der Waals surface area contributed by atoms with Crippen molar-refractivity contribution in [3.63, 3.8) is 0 Å². The van der Waals surface area contributed by atoms with E-state index in [2.05, 4.69) is 29.5 Å². The lowest BCUT2D eigenvalue weighted by Crippen LogP contribution is -2.48. The van der Waals surface area contributed by atoms with Gasteiger partial charge in [0.25, 0.3) is 0 Å². The number of carbonyl (C=O) groups is 1. The minimum absolute atomic E-state index is 0. The Kier molecular flexibility index (Phi) is 8.79. The van der Waals surface area contributed by atoms with Crippen LogP contribution in [0.3, 0.4) is 0 Å². The summed E-state index contributed by atoms with van der Waals surface area (Å²) in [6.45, 7) is 8.15. The topological polar surface area (TPSA) is 56.7 Å². The molecule has 1 unspecified atom stereocenters. The van der Waals surface area contributed by atoms with E-state index in [1.807, 2.05) is 17.9 Å². The molecule has 1 fully saturated rings. The summed E-state index contributed by atoms with van der Waals surface area (Å²) in [6, 6.07) is 6.91.